The molecule has 0 heterocycles. The van der Waals surface area contributed by atoms with E-state index in [0.29, 0.717) is 18.3 Å². The average molecular weight is 301 g/mol. The number of nitrogens with one attached hydrogen (secondary N) is 1. The molecular weight excluding hydrogens is 278 g/mol. The van der Waals surface area contributed by atoms with E-state index in [2.05, 4.69) is 19.2 Å². The van der Waals surface area contributed by atoms with Gasteiger partial charge in [0, 0.05) is 23.8 Å². The zero-order chi connectivity index (χ0) is 16.1. The Bertz CT molecular complexity index is 660. The number of allylic oxidation sites excluding steroid dienone is 2. The number of hydrogen-bond acceptors (Lipinski definition) is 4. The fourth-order valence-corrected chi connectivity index (χ4v) is 3.80. The summed E-state index contributed by atoms with van der Waals surface area (Å²) in [4.78, 5) is 12.3. The zero-order valence-electron chi connectivity index (χ0n) is 13.8. The minimum absolute atomic E-state index is 0.255. The van der Waals surface area contributed by atoms with Crippen LogP contribution in [-0.2, 0) is 4.79 Å². The summed E-state index contributed by atoms with van der Waals surface area (Å²) in [6, 6.07) is 5.60. The third-order valence-electron chi connectivity index (χ3n) is 5.20. The highest BCUT2D eigenvalue weighted by molar-refractivity contribution is 6.01. The smallest absolute Gasteiger partial charge is 0.161 e. The number of carbonyl (C=O) groups is 1. The minimum atomic E-state index is 0.255. The fourth-order valence-electron chi connectivity index (χ4n) is 3.80. The van der Waals surface area contributed by atoms with E-state index >= 15 is 0 Å². The summed E-state index contributed by atoms with van der Waals surface area (Å²) >= 11 is 0. The van der Waals surface area contributed by atoms with Crippen molar-refractivity contribution in [3.05, 3.63) is 29.5 Å². The second-order valence-electron chi connectivity index (χ2n) is 6.76. The Labute approximate surface area is 131 Å². The number of rotatable bonds is 4. The summed E-state index contributed by atoms with van der Waals surface area (Å²) in [5.41, 5.74) is 2.96. The molecule has 4 heteroatoms. The highest BCUT2D eigenvalue weighted by Gasteiger charge is 2.65. The van der Waals surface area contributed by atoms with Gasteiger partial charge in [0.2, 0.25) is 0 Å². The van der Waals surface area contributed by atoms with E-state index in [1.807, 2.05) is 25.1 Å². The van der Waals surface area contributed by atoms with Crippen LogP contribution in [0.5, 0.6) is 11.5 Å². The lowest BCUT2D eigenvalue weighted by Gasteiger charge is -2.17. The van der Waals surface area contributed by atoms with Crippen molar-refractivity contribution in [2.24, 2.45) is 17.3 Å². The first-order valence-corrected chi connectivity index (χ1v) is 7.63. The van der Waals surface area contributed by atoms with Crippen LogP contribution in [0.1, 0.15) is 27.2 Å². The molecule has 2 fully saturated rings. The van der Waals surface area contributed by atoms with Gasteiger partial charge in [-0.1, -0.05) is 13.8 Å². The number of fused-ring (bicyclic) bond motifs is 1. The van der Waals surface area contributed by atoms with Gasteiger partial charge in [-0.3, -0.25) is 4.79 Å². The molecule has 0 bridgehead atoms. The van der Waals surface area contributed by atoms with Gasteiger partial charge in [0.15, 0.2) is 5.78 Å². The van der Waals surface area contributed by atoms with E-state index in [-0.39, 0.29) is 11.2 Å². The van der Waals surface area contributed by atoms with Gasteiger partial charge in [-0.25, -0.2) is 0 Å². The van der Waals surface area contributed by atoms with Crippen molar-refractivity contribution in [3.8, 4) is 11.5 Å². The molecule has 1 aromatic rings. The molecule has 0 radical (unpaired) electrons. The minimum Gasteiger partial charge on any atom is -0.497 e. The summed E-state index contributed by atoms with van der Waals surface area (Å²) in [7, 11) is 3.27. The number of ether oxygens (including phenoxy) is 2. The van der Waals surface area contributed by atoms with E-state index in [0.717, 1.165) is 28.5 Å². The number of ketones is 1. The van der Waals surface area contributed by atoms with Gasteiger partial charge in [-0.2, -0.15) is 0 Å². The SMILES string of the molecule is COc1ccc(OC)c(NC(C)=C2C(=O)C[C@@H]3[C@@H]2C3(C)C)c1. The first-order valence-electron chi connectivity index (χ1n) is 7.63. The quantitative estimate of drug-likeness (QED) is 0.863. The van der Waals surface area contributed by atoms with E-state index in [4.69, 9.17) is 9.47 Å². The first-order chi connectivity index (χ1) is 10.4. The molecule has 22 heavy (non-hydrogen) atoms. The number of anilines is 1. The van der Waals surface area contributed by atoms with Gasteiger partial charge in [0.05, 0.1) is 19.9 Å². The van der Waals surface area contributed by atoms with Crippen LogP contribution < -0.4 is 14.8 Å². The maximum atomic E-state index is 12.3. The van der Waals surface area contributed by atoms with Crippen molar-refractivity contribution in [1.82, 2.24) is 0 Å². The number of carbonyl (C=O) groups excluding carboxylic acids is 1. The number of benzene rings is 1. The van der Waals surface area contributed by atoms with Gasteiger partial charge in [0.1, 0.15) is 11.5 Å². The summed E-state index contributed by atoms with van der Waals surface area (Å²) in [6.45, 7) is 6.46. The molecule has 1 aromatic carbocycles. The summed E-state index contributed by atoms with van der Waals surface area (Å²) in [5, 5.41) is 3.36. The Balaban J connectivity index is 1.93. The lowest BCUT2D eigenvalue weighted by atomic mass is 9.95. The molecule has 0 unspecified atom stereocenters. The highest BCUT2D eigenvalue weighted by atomic mass is 16.5. The standard InChI is InChI=1S/C18H23NO3/c1-10(16-14(20)9-12-17(16)18(12,2)3)19-13-8-11(21-4)6-7-15(13)22-5/h6-8,12,17,19H,9H2,1-5H3/t12-,17+/m1/s1. The van der Waals surface area contributed by atoms with E-state index in [1.165, 1.54) is 0 Å². The number of methoxy groups -OCH3 is 2. The molecule has 0 saturated heterocycles. The van der Waals surface area contributed by atoms with E-state index < -0.39 is 0 Å². The van der Waals surface area contributed by atoms with Crippen LogP contribution in [-0.4, -0.2) is 20.0 Å². The van der Waals surface area contributed by atoms with Crippen molar-refractivity contribution in [1.29, 1.82) is 0 Å². The van der Waals surface area contributed by atoms with Crippen LogP contribution in [0.25, 0.3) is 0 Å². The highest BCUT2D eigenvalue weighted by Crippen LogP contribution is 2.68. The summed E-state index contributed by atoms with van der Waals surface area (Å²) < 4.78 is 10.7. The second-order valence-corrected chi connectivity index (χ2v) is 6.76. The molecule has 0 amide bonds. The Kier molecular flexibility index (Phi) is 3.42. The van der Waals surface area contributed by atoms with Crippen LogP contribution in [0.15, 0.2) is 29.5 Å². The first kappa shape index (κ1) is 14.9. The van der Waals surface area contributed by atoms with E-state index in [1.54, 1.807) is 14.2 Å². The molecule has 1 N–H and O–H groups in total. The second kappa shape index (κ2) is 5.04. The number of hydrogen-bond donors (Lipinski definition) is 1. The van der Waals surface area contributed by atoms with Gasteiger partial charge in [0.25, 0.3) is 0 Å². The molecule has 2 aliphatic carbocycles. The Morgan fingerprint density at radius 2 is 2.00 bits per heavy atom. The van der Waals surface area contributed by atoms with Gasteiger partial charge in [-0.05, 0) is 36.3 Å². The van der Waals surface area contributed by atoms with Crippen LogP contribution in [0.4, 0.5) is 5.69 Å². The lowest BCUT2D eigenvalue weighted by Crippen LogP contribution is -2.12. The topological polar surface area (TPSA) is 47.6 Å². The molecule has 4 nitrogen and oxygen atoms in total. The van der Waals surface area contributed by atoms with Crippen LogP contribution in [0.3, 0.4) is 0 Å². The molecule has 0 spiro atoms. The Morgan fingerprint density at radius 1 is 1.27 bits per heavy atom. The molecule has 2 atom stereocenters. The van der Waals surface area contributed by atoms with Crippen molar-refractivity contribution >= 4 is 11.5 Å². The van der Waals surface area contributed by atoms with E-state index in [9.17, 15) is 4.79 Å². The normalized spacial score (nSPS) is 27.2. The molecule has 0 aliphatic heterocycles. The predicted octanol–water partition coefficient (Wildman–Crippen LogP) is 3.63. The summed E-state index contributed by atoms with van der Waals surface area (Å²) in [5.74, 6) is 2.67. The van der Waals surface area contributed by atoms with Crippen LogP contribution >= 0.6 is 0 Å². The van der Waals surface area contributed by atoms with Crippen LogP contribution in [0.2, 0.25) is 0 Å². The van der Waals surface area contributed by atoms with Crippen molar-refractivity contribution in [2.75, 3.05) is 19.5 Å². The third kappa shape index (κ3) is 2.18. The molecule has 3 rings (SSSR count). The van der Waals surface area contributed by atoms with Crippen molar-refractivity contribution in [3.63, 3.8) is 0 Å². The van der Waals surface area contributed by atoms with Crippen molar-refractivity contribution < 1.29 is 14.3 Å². The van der Waals surface area contributed by atoms with Crippen LogP contribution in [0, 0.1) is 17.3 Å². The molecule has 2 saturated carbocycles. The zero-order valence-corrected chi connectivity index (χ0v) is 13.8. The lowest BCUT2D eigenvalue weighted by molar-refractivity contribution is -0.115. The van der Waals surface area contributed by atoms with Crippen molar-refractivity contribution in [2.45, 2.75) is 27.2 Å². The average Bonchev–Trinajstić information content (AvgIpc) is 2.84. The molecule has 2 aliphatic rings. The molecular formula is C18H23NO3. The maximum absolute atomic E-state index is 12.3. The largest absolute Gasteiger partial charge is 0.497 e. The third-order valence-corrected chi connectivity index (χ3v) is 5.20. The Hall–Kier alpha value is -1.97. The van der Waals surface area contributed by atoms with Gasteiger partial charge in [-0.15, -0.1) is 0 Å². The predicted molar refractivity (Wildman–Crippen MR) is 86.3 cm³/mol. The van der Waals surface area contributed by atoms with Gasteiger partial charge < -0.3 is 14.8 Å². The monoisotopic (exact) mass is 301 g/mol. The maximum Gasteiger partial charge on any atom is 0.161 e. The molecule has 118 valence electrons. The summed E-state index contributed by atoms with van der Waals surface area (Å²) in [6.07, 6.45) is 0.682. The fraction of sp³-hybridized carbons (Fsp3) is 0.500. The number of Topliss-reactive ketones (excluding diaryl/α,β-unsaturated/α-hetero) is 1. The molecule has 0 aromatic heterocycles. The van der Waals surface area contributed by atoms with Gasteiger partial charge >= 0.3 is 0 Å². The Morgan fingerprint density at radius 3 is 2.59 bits per heavy atom.